The van der Waals surface area contributed by atoms with Crippen molar-refractivity contribution in [3.05, 3.63) is 96.1 Å². The number of carbonyl (C=O) groups excluding carboxylic acids is 1. The molecule has 0 unspecified atom stereocenters. The van der Waals surface area contributed by atoms with Crippen LogP contribution >= 0.6 is 11.3 Å². The van der Waals surface area contributed by atoms with E-state index in [2.05, 4.69) is 36.1 Å². The molecule has 8 nitrogen and oxygen atoms in total. The largest absolute Gasteiger partial charge is 0.465 e. The van der Waals surface area contributed by atoms with Crippen LogP contribution in [-0.2, 0) is 26.2 Å². The van der Waals surface area contributed by atoms with Gasteiger partial charge in [-0.3, -0.25) is 0 Å². The molecule has 6 rings (SSSR count). The third kappa shape index (κ3) is 5.52. The summed E-state index contributed by atoms with van der Waals surface area (Å²) in [5.74, 6) is -0.466. The summed E-state index contributed by atoms with van der Waals surface area (Å²) in [7, 11) is -3.86. The predicted molar refractivity (Wildman–Crippen MR) is 178 cm³/mol. The molecule has 0 amide bonds. The highest BCUT2D eigenvalue weighted by atomic mass is 32.2. The van der Waals surface area contributed by atoms with E-state index in [9.17, 15) is 13.2 Å². The van der Waals surface area contributed by atoms with Crippen LogP contribution in [-0.4, -0.2) is 49.7 Å². The van der Waals surface area contributed by atoms with Crippen LogP contribution in [0.5, 0.6) is 0 Å². The molecule has 4 aromatic heterocycles. The molecule has 0 radical (unpaired) electrons. The molecule has 4 heterocycles. The molecule has 0 N–H and O–H groups in total. The minimum absolute atomic E-state index is 0.170. The summed E-state index contributed by atoms with van der Waals surface area (Å²) in [6.45, 7) is 7.69. The molecule has 0 bridgehead atoms. The lowest BCUT2D eigenvalue weighted by molar-refractivity contribution is 0.0600. The van der Waals surface area contributed by atoms with Gasteiger partial charge in [0.1, 0.15) is 6.73 Å². The summed E-state index contributed by atoms with van der Waals surface area (Å²) >= 11 is 1.61. The Morgan fingerprint density at radius 1 is 0.955 bits per heavy atom. The first-order chi connectivity index (χ1) is 21.1. The fourth-order valence-corrected chi connectivity index (χ4v) is 8.32. The van der Waals surface area contributed by atoms with Gasteiger partial charge in [-0.2, -0.15) is 0 Å². The first-order valence-electron chi connectivity index (χ1n) is 14.2. The van der Waals surface area contributed by atoms with Crippen LogP contribution in [0, 0.1) is 0 Å². The maximum Gasteiger partial charge on any atom is 0.340 e. The van der Waals surface area contributed by atoms with E-state index in [1.807, 2.05) is 34.9 Å². The first-order valence-corrected chi connectivity index (χ1v) is 20.3. The van der Waals surface area contributed by atoms with Gasteiger partial charge in [-0.1, -0.05) is 56.0 Å². The zero-order chi connectivity index (χ0) is 31.1. The Labute approximate surface area is 261 Å². The lowest BCUT2D eigenvalue weighted by Crippen LogP contribution is -2.22. The molecule has 44 heavy (non-hydrogen) atoms. The normalized spacial score (nSPS) is 12.3. The topological polar surface area (TPSA) is 92.4 Å². The molecule has 0 fully saturated rings. The van der Waals surface area contributed by atoms with Crippen LogP contribution in [0.1, 0.15) is 10.4 Å². The smallest absolute Gasteiger partial charge is 0.340 e. The van der Waals surface area contributed by atoms with Gasteiger partial charge in [0.15, 0.2) is 5.65 Å². The van der Waals surface area contributed by atoms with Gasteiger partial charge in [0.2, 0.25) is 0 Å². The number of aromatic nitrogens is 3. The van der Waals surface area contributed by atoms with Gasteiger partial charge >= 0.3 is 5.97 Å². The summed E-state index contributed by atoms with van der Waals surface area (Å²) < 4.78 is 43.0. The first kappa shape index (κ1) is 30.0. The highest BCUT2D eigenvalue weighted by molar-refractivity contribution is 7.90. The second-order valence-electron chi connectivity index (χ2n) is 11.7. The standard InChI is InChI=1S/C33H33N3O5S2Si/c1-40-33(37)27-20-29(24-14-16-34-32-26(24)15-17-36(32)43(38,39)23-10-6-5-7-11-23)35(22-41-18-19-44(2,3)4)31(27)28-21-42-30-13-9-8-12-25(28)30/h5-17,20-21H,18-19,22H2,1-4H3. The number of nitrogens with zero attached hydrogens (tertiary/aromatic N) is 3. The van der Waals surface area contributed by atoms with E-state index in [-0.39, 0.29) is 11.6 Å². The van der Waals surface area contributed by atoms with Gasteiger partial charge in [0.05, 0.1) is 29.0 Å². The van der Waals surface area contributed by atoms with Gasteiger partial charge in [0, 0.05) is 59.1 Å². The zero-order valence-electron chi connectivity index (χ0n) is 25.0. The lowest BCUT2D eigenvalue weighted by atomic mass is 10.1. The van der Waals surface area contributed by atoms with Crippen molar-refractivity contribution in [3.63, 3.8) is 0 Å². The van der Waals surface area contributed by atoms with Crippen LogP contribution in [0.2, 0.25) is 25.7 Å². The number of esters is 1. The maximum absolute atomic E-state index is 13.6. The number of ether oxygens (including phenoxy) is 2. The average Bonchev–Trinajstić information content (AvgIpc) is 3.74. The van der Waals surface area contributed by atoms with Crippen molar-refractivity contribution in [2.24, 2.45) is 0 Å². The van der Waals surface area contributed by atoms with E-state index >= 15 is 0 Å². The number of hydrogen-bond acceptors (Lipinski definition) is 7. The molecule has 0 spiro atoms. The molecule has 226 valence electrons. The summed E-state index contributed by atoms with van der Waals surface area (Å²) in [5, 5.41) is 3.71. The molecule has 0 aliphatic rings. The van der Waals surface area contributed by atoms with E-state index < -0.39 is 24.1 Å². The third-order valence-electron chi connectivity index (χ3n) is 7.59. The molecule has 0 atom stereocenters. The second kappa shape index (κ2) is 11.8. The van der Waals surface area contributed by atoms with E-state index in [0.29, 0.717) is 34.6 Å². The highest BCUT2D eigenvalue weighted by Gasteiger charge is 2.27. The number of thiophene rings is 1. The summed E-state index contributed by atoms with van der Waals surface area (Å²) in [4.78, 5) is 18.0. The Kier molecular flexibility index (Phi) is 8.06. The number of pyridine rings is 1. The van der Waals surface area contributed by atoms with Gasteiger partial charge in [0.25, 0.3) is 10.0 Å². The summed E-state index contributed by atoms with van der Waals surface area (Å²) in [6, 6.07) is 22.8. The van der Waals surface area contributed by atoms with Crippen LogP contribution in [0.3, 0.4) is 0 Å². The van der Waals surface area contributed by atoms with E-state index in [1.54, 1.807) is 53.9 Å². The minimum atomic E-state index is -3.89. The quantitative estimate of drug-likeness (QED) is 0.0862. The van der Waals surface area contributed by atoms with Crippen molar-refractivity contribution in [2.75, 3.05) is 13.7 Å². The maximum atomic E-state index is 13.6. The SMILES string of the molecule is COC(=O)c1cc(-c2ccnc3c2ccn3S(=O)(=O)c2ccccc2)n(COCC[Si](C)(C)C)c1-c1csc2ccccc12. The van der Waals surface area contributed by atoms with Crippen molar-refractivity contribution < 1.29 is 22.7 Å². The molecule has 0 saturated carbocycles. The molecule has 0 saturated heterocycles. The van der Waals surface area contributed by atoms with E-state index in [4.69, 9.17) is 9.47 Å². The van der Waals surface area contributed by atoms with Crippen LogP contribution in [0.15, 0.2) is 95.5 Å². The summed E-state index contributed by atoms with van der Waals surface area (Å²) in [6.07, 6.45) is 3.12. The molecule has 6 aromatic rings. The number of hydrogen-bond donors (Lipinski definition) is 0. The lowest BCUT2D eigenvalue weighted by Gasteiger charge is -2.18. The average molecular weight is 644 g/mol. The monoisotopic (exact) mass is 643 g/mol. The van der Waals surface area contributed by atoms with E-state index in [0.717, 1.165) is 27.3 Å². The number of methoxy groups -OCH3 is 1. The Hall–Kier alpha value is -4.03. The fourth-order valence-electron chi connectivity index (χ4n) is 5.30. The fraction of sp³-hybridized carbons (Fsp3) is 0.212. The number of rotatable bonds is 10. The zero-order valence-corrected chi connectivity index (χ0v) is 27.6. The number of carbonyl (C=O) groups is 1. The van der Waals surface area contributed by atoms with Gasteiger partial charge < -0.3 is 14.0 Å². The van der Waals surface area contributed by atoms with Crippen molar-refractivity contribution in [1.29, 1.82) is 0 Å². The number of benzene rings is 2. The van der Waals surface area contributed by atoms with Crippen LogP contribution in [0.25, 0.3) is 43.6 Å². The summed E-state index contributed by atoms with van der Waals surface area (Å²) in [5.41, 5.74) is 3.72. The Balaban J connectivity index is 1.56. The second-order valence-corrected chi connectivity index (χ2v) is 20.1. The predicted octanol–water partition coefficient (Wildman–Crippen LogP) is 7.72. The molecule has 11 heteroatoms. The van der Waals surface area contributed by atoms with Crippen molar-refractivity contribution in [3.8, 4) is 22.5 Å². The van der Waals surface area contributed by atoms with Gasteiger partial charge in [-0.25, -0.2) is 22.2 Å². The molecular formula is C33H33N3O5S2Si. The van der Waals surface area contributed by atoms with Gasteiger partial charge in [-0.15, -0.1) is 11.3 Å². The van der Waals surface area contributed by atoms with E-state index in [1.165, 1.54) is 17.3 Å². The van der Waals surface area contributed by atoms with Crippen LogP contribution in [0.4, 0.5) is 0 Å². The van der Waals surface area contributed by atoms with Gasteiger partial charge in [-0.05, 0) is 42.4 Å². The minimum Gasteiger partial charge on any atom is -0.465 e. The Morgan fingerprint density at radius 2 is 1.70 bits per heavy atom. The molecule has 0 aliphatic carbocycles. The van der Waals surface area contributed by atoms with Crippen molar-refractivity contribution in [2.45, 2.75) is 37.3 Å². The number of fused-ring (bicyclic) bond motifs is 2. The van der Waals surface area contributed by atoms with Crippen LogP contribution < -0.4 is 0 Å². The Bertz CT molecular complexity index is 2090. The molecular weight excluding hydrogens is 611 g/mol. The molecule has 0 aliphatic heterocycles. The highest BCUT2D eigenvalue weighted by Crippen LogP contribution is 2.41. The van der Waals surface area contributed by atoms with Crippen molar-refractivity contribution >= 4 is 56.5 Å². The third-order valence-corrected chi connectivity index (χ3v) is 11.9. The Morgan fingerprint density at radius 3 is 2.45 bits per heavy atom. The van der Waals surface area contributed by atoms with Crippen molar-refractivity contribution in [1.82, 2.24) is 13.5 Å². The molecule has 2 aromatic carbocycles.